The third-order valence-electron chi connectivity index (χ3n) is 4.63. The van der Waals surface area contributed by atoms with Gasteiger partial charge in [-0.2, -0.15) is 15.3 Å². The number of nitrogens with zero attached hydrogens (tertiary/aromatic N) is 6. The molecule has 0 fully saturated rings. The first-order valence-corrected chi connectivity index (χ1v) is 9.96. The van der Waals surface area contributed by atoms with Gasteiger partial charge in [0.1, 0.15) is 6.67 Å². The molecule has 0 aliphatic heterocycles. The Bertz CT molecular complexity index is 1210. The quantitative estimate of drug-likeness (QED) is 0.487. The number of benzene rings is 1. The fourth-order valence-corrected chi connectivity index (χ4v) is 3.35. The van der Waals surface area contributed by atoms with Crippen LogP contribution in [-0.2, 0) is 13.2 Å². The Morgan fingerprint density at radius 2 is 1.90 bits per heavy atom. The number of aryl methyl sites for hydroxylation is 1. The minimum absolute atomic E-state index is 0.293. The average molecular weight is 444 g/mol. The molecular weight excluding hydrogens is 425 g/mol. The third kappa shape index (κ3) is 4.24. The molecule has 0 saturated carbocycles. The normalized spacial score (nSPS) is 11.1. The Balaban J connectivity index is 1.41. The number of rotatable bonds is 6. The molecule has 0 atom stereocenters. The van der Waals surface area contributed by atoms with E-state index in [0.717, 1.165) is 17.0 Å². The van der Waals surface area contributed by atoms with Gasteiger partial charge in [-0.3, -0.25) is 14.2 Å². The maximum Gasteiger partial charge on any atom is 0.276 e. The largest absolute Gasteiger partial charge is 0.318 e. The Labute approximate surface area is 183 Å². The van der Waals surface area contributed by atoms with Gasteiger partial charge < -0.3 is 5.32 Å². The summed E-state index contributed by atoms with van der Waals surface area (Å²) < 4.78 is 5.08. The van der Waals surface area contributed by atoms with Crippen molar-refractivity contribution in [1.82, 2.24) is 29.3 Å². The van der Waals surface area contributed by atoms with Crippen molar-refractivity contribution in [2.75, 3.05) is 5.32 Å². The van der Waals surface area contributed by atoms with E-state index < -0.39 is 0 Å². The molecule has 0 spiro atoms. The fraction of sp³-hybridized carbons (Fsp3) is 0.200. The van der Waals surface area contributed by atoms with E-state index in [4.69, 9.17) is 23.2 Å². The summed E-state index contributed by atoms with van der Waals surface area (Å²) in [6.07, 6.45) is 5.06. The van der Waals surface area contributed by atoms with Gasteiger partial charge in [-0.25, -0.2) is 4.68 Å². The van der Waals surface area contributed by atoms with E-state index in [0.29, 0.717) is 34.6 Å². The van der Waals surface area contributed by atoms with E-state index in [1.165, 1.54) is 0 Å². The molecule has 30 heavy (non-hydrogen) atoms. The average Bonchev–Trinajstić information content (AvgIpc) is 3.42. The topological polar surface area (TPSA) is 82.6 Å². The lowest BCUT2D eigenvalue weighted by Gasteiger charge is -2.05. The van der Waals surface area contributed by atoms with Crippen molar-refractivity contribution in [3.05, 3.63) is 81.6 Å². The minimum atomic E-state index is -0.322. The summed E-state index contributed by atoms with van der Waals surface area (Å²) in [4.78, 5) is 12.5. The lowest BCUT2D eigenvalue weighted by atomic mass is 10.2. The molecule has 1 N–H and O–H groups in total. The van der Waals surface area contributed by atoms with Gasteiger partial charge in [0.2, 0.25) is 0 Å². The summed E-state index contributed by atoms with van der Waals surface area (Å²) in [6.45, 7) is 4.61. The van der Waals surface area contributed by atoms with Gasteiger partial charge in [0.05, 0.1) is 34.8 Å². The molecule has 0 saturated heterocycles. The predicted molar refractivity (Wildman–Crippen MR) is 115 cm³/mol. The molecule has 0 radical (unpaired) electrons. The van der Waals surface area contributed by atoms with Crippen LogP contribution < -0.4 is 5.32 Å². The molecule has 154 valence electrons. The molecule has 3 heterocycles. The Kier molecular flexibility index (Phi) is 5.61. The SMILES string of the molecule is Cc1nn(Cn2ccc(C(=O)Nc3cnn(Cc4ccccc4Cl)c3)n2)c(C)c1Cl. The molecule has 3 aromatic heterocycles. The molecule has 0 unspecified atom stereocenters. The summed E-state index contributed by atoms with van der Waals surface area (Å²) in [5.74, 6) is -0.322. The summed E-state index contributed by atoms with van der Waals surface area (Å²) in [6, 6.07) is 9.22. The number of hydrogen-bond donors (Lipinski definition) is 1. The van der Waals surface area contributed by atoms with Crippen molar-refractivity contribution in [2.45, 2.75) is 27.1 Å². The molecular formula is C20H19Cl2N7O. The van der Waals surface area contributed by atoms with E-state index >= 15 is 0 Å². The van der Waals surface area contributed by atoms with Gasteiger partial charge in [-0.1, -0.05) is 41.4 Å². The van der Waals surface area contributed by atoms with E-state index in [1.54, 1.807) is 38.7 Å². The number of hydrogen-bond acceptors (Lipinski definition) is 4. The highest BCUT2D eigenvalue weighted by Gasteiger charge is 2.13. The van der Waals surface area contributed by atoms with Crippen LogP contribution in [-0.4, -0.2) is 35.2 Å². The van der Waals surface area contributed by atoms with Crippen molar-refractivity contribution in [3.63, 3.8) is 0 Å². The Morgan fingerprint density at radius 3 is 2.63 bits per heavy atom. The Morgan fingerprint density at radius 1 is 1.10 bits per heavy atom. The zero-order valence-electron chi connectivity index (χ0n) is 16.4. The number of carbonyl (C=O) groups is 1. The first-order valence-electron chi connectivity index (χ1n) is 9.21. The number of amides is 1. The monoisotopic (exact) mass is 443 g/mol. The van der Waals surface area contributed by atoms with Crippen LogP contribution in [0.2, 0.25) is 10.0 Å². The summed E-state index contributed by atoms with van der Waals surface area (Å²) in [5.41, 5.74) is 3.42. The second-order valence-corrected chi connectivity index (χ2v) is 7.62. The smallest absolute Gasteiger partial charge is 0.276 e. The first-order chi connectivity index (χ1) is 14.4. The van der Waals surface area contributed by atoms with Crippen LogP contribution in [0.15, 0.2) is 48.9 Å². The summed E-state index contributed by atoms with van der Waals surface area (Å²) in [7, 11) is 0. The maximum atomic E-state index is 12.5. The summed E-state index contributed by atoms with van der Waals surface area (Å²) >= 11 is 12.4. The molecule has 0 aliphatic carbocycles. The maximum absolute atomic E-state index is 12.5. The molecule has 1 amide bonds. The van der Waals surface area contributed by atoms with Gasteiger partial charge in [-0.05, 0) is 31.5 Å². The minimum Gasteiger partial charge on any atom is -0.318 e. The summed E-state index contributed by atoms with van der Waals surface area (Å²) in [5, 5.41) is 17.1. The second-order valence-electron chi connectivity index (χ2n) is 6.84. The van der Waals surface area contributed by atoms with Crippen LogP contribution >= 0.6 is 23.2 Å². The van der Waals surface area contributed by atoms with E-state index in [1.807, 2.05) is 38.1 Å². The molecule has 4 aromatic rings. The highest BCUT2D eigenvalue weighted by molar-refractivity contribution is 6.32. The highest BCUT2D eigenvalue weighted by atomic mass is 35.5. The van der Waals surface area contributed by atoms with Crippen molar-refractivity contribution in [3.8, 4) is 0 Å². The van der Waals surface area contributed by atoms with Gasteiger partial charge in [-0.15, -0.1) is 0 Å². The van der Waals surface area contributed by atoms with Crippen LogP contribution in [0.3, 0.4) is 0 Å². The third-order valence-corrected chi connectivity index (χ3v) is 5.54. The van der Waals surface area contributed by atoms with Crippen LogP contribution in [0.25, 0.3) is 0 Å². The van der Waals surface area contributed by atoms with Gasteiger partial charge in [0, 0.05) is 17.4 Å². The van der Waals surface area contributed by atoms with Crippen molar-refractivity contribution < 1.29 is 4.79 Å². The van der Waals surface area contributed by atoms with Gasteiger partial charge >= 0.3 is 0 Å². The van der Waals surface area contributed by atoms with E-state index in [9.17, 15) is 4.79 Å². The molecule has 0 aliphatic rings. The molecule has 4 rings (SSSR count). The lowest BCUT2D eigenvalue weighted by molar-refractivity contribution is 0.102. The van der Waals surface area contributed by atoms with E-state index in [-0.39, 0.29) is 5.91 Å². The number of nitrogens with one attached hydrogen (secondary N) is 1. The lowest BCUT2D eigenvalue weighted by Crippen LogP contribution is -2.15. The van der Waals surface area contributed by atoms with Crippen LogP contribution in [0, 0.1) is 13.8 Å². The van der Waals surface area contributed by atoms with Crippen molar-refractivity contribution in [2.24, 2.45) is 0 Å². The zero-order chi connectivity index (χ0) is 21.3. The van der Waals surface area contributed by atoms with Crippen LogP contribution in [0.5, 0.6) is 0 Å². The second kappa shape index (κ2) is 8.33. The number of anilines is 1. The fourth-order valence-electron chi connectivity index (χ4n) is 3.02. The van der Waals surface area contributed by atoms with E-state index in [2.05, 4.69) is 20.6 Å². The number of aromatic nitrogens is 6. The van der Waals surface area contributed by atoms with Crippen molar-refractivity contribution >= 4 is 34.8 Å². The standard InChI is InChI=1S/C20H19Cl2N7O/c1-13-19(22)14(2)29(25-13)12-27-8-7-18(26-27)20(30)24-16-9-23-28(11-16)10-15-5-3-4-6-17(15)21/h3-9,11H,10,12H2,1-2H3,(H,24,30). The predicted octanol–water partition coefficient (Wildman–Crippen LogP) is 4.01. The van der Waals surface area contributed by atoms with Crippen LogP contribution in [0.1, 0.15) is 27.4 Å². The molecule has 10 heteroatoms. The molecule has 8 nitrogen and oxygen atoms in total. The van der Waals surface area contributed by atoms with Crippen LogP contribution in [0.4, 0.5) is 5.69 Å². The van der Waals surface area contributed by atoms with Gasteiger partial charge in [0.25, 0.3) is 5.91 Å². The first kappa shape index (κ1) is 20.2. The molecule has 0 bridgehead atoms. The number of halogens is 2. The highest BCUT2D eigenvalue weighted by Crippen LogP contribution is 2.19. The Hall–Kier alpha value is -3.10. The van der Waals surface area contributed by atoms with Crippen molar-refractivity contribution in [1.29, 1.82) is 0 Å². The molecule has 1 aromatic carbocycles. The van der Waals surface area contributed by atoms with Gasteiger partial charge in [0.15, 0.2) is 5.69 Å². The zero-order valence-corrected chi connectivity index (χ0v) is 17.9. The number of carbonyl (C=O) groups excluding carboxylic acids is 1.